The molecule has 0 bridgehead atoms. The third-order valence-electron chi connectivity index (χ3n) is 10.6. The molecular formula is C47H91O8P. The molecule has 0 rings (SSSR count). The van der Waals surface area contributed by atoms with Gasteiger partial charge < -0.3 is 14.4 Å². The number of hydrogen-bond donors (Lipinski definition) is 1. The molecule has 0 saturated heterocycles. The molecule has 9 heteroatoms. The van der Waals surface area contributed by atoms with E-state index in [-0.39, 0.29) is 25.6 Å². The largest absolute Gasteiger partial charge is 0.472 e. The van der Waals surface area contributed by atoms with Gasteiger partial charge in [0, 0.05) is 12.8 Å². The summed E-state index contributed by atoms with van der Waals surface area (Å²) in [6.45, 7) is 5.50. The Kier molecular flexibility index (Phi) is 42.4. The molecule has 0 spiro atoms. The van der Waals surface area contributed by atoms with Crippen molar-refractivity contribution in [3.8, 4) is 0 Å². The first-order valence-corrected chi connectivity index (χ1v) is 25.5. The molecule has 0 aliphatic carbocycles. The van der Waals surface area contributed by atoms with Crippen LogP contribution in [0.2, 0.25) is 0 Å². The molecule has 0 aliphatic rings. The topological polar surface area (TPSA) is 108 Å². The summed E-state index contributed by atoms with van der Waals surface area (Å²) in [5.74, 6) is -0.793. The first-order chi connectivity index (χ1) is 27.3. The van der Waals surface area contributed by atoms with E-state index in [1.54, 1.807) is 6.92 Å². The van der Waals surface area contributed by atoms with E-state index in [1.807, 2.05) is 0 Å². The maximum absolute atomic E-state index is 12.6. The summed E-state index contributed by atoms with van der Waals surface area (Å²) < 4.78 is 32.7. The lowest BCUT2D eigenvalue weighted by Gasteiger charge is -2.19. The molecule has 2 unspecified atom stereocenters. The lowest BCUT2D eigenvalue weighted by molar-refractivity contribution is -0.161. The summed E-state index contributed by atoms with van der Waals surface area (Å²) in [4.78, 5) is 34.8. The minimum absolute atomic E-state index is 0.00215. The maximum Gasteiger partial charge on any atom is 0.472 e. The highest BCUT2D eigenvalue weighted by molar-refractivity contribution is 7.47. The number of carbonyl (C=O) groups is 2. The highest BCUT2D eigenvalue weighted by atomic mass is 31.2. The van der Waals surface area contributed by atoms with Crippen LogP contribution in [-0.4, -0.2) is 42.8 Å². The predicted octanol–water partition coefficient (Wildman–Crippen LogP) is 15.2. The summed E-state index contributed by atoms with van der Waals surface area (Å²) in [7, 11) is -4.28. The van der Waals surface area contributed by atoms with Crippen molar-refractivity contribution >= 4 is 19.8 Å². The molecule has 0 aromatic carbocycles. The Morgan fingerprint density at radius 2 is 0.804 bits per heavy atom. The number of esters is 2. The number of phosphoric acid groups is 1. The third-order valence-corrected chi connectivity index (χ3v) is 11.6. The Hall–Kier alpha value is -1.21. The zero-order chi connectivity index (χ0) is 41.1. The van der Waals surface area contributed by atoms with Crippen LogP contribution in [0.3, 0.4) is 0 Å². The Labute approximate surface area is 346 Å². The highest BCUT2D eigenvalue weighted by Crippen LogP contribution is 2.43. The van der Waals surface area contributed by atoms with Gasteiger partial charge in [-0.2, -0.15) is 0 Å². The SMILES string of the molecule is CCCCCCC/C=C\CCCCCCCC(=O)OC(COC(=O)CCCCCCCCCCCCCCCCCCCCCCCC)COP(=O)(O)OCC. The average Bonchev–Trinajstić information content (AvgIpc) is 3.18. The van der Waals surface area contributed by atoms with Crippen LogP contribution >= 0.6 is 7.82 Å². The van der Waals surface area contributed by atoms with E-state index in [0.717, 1.165) is 51.4 Å². The number of carbonyl (C=O) groups excluding carboxylic acids is 2. The van der Waals surface area contributed by atoms with Gasteiger partial charge >= 0.3 is 19.8 Å². The fourth-order valence-electron chi connectivity index (χ4n) is 7.04. The van der Waals surface area contributed by atoms with Crippen molar-refractivity contribution in [2.75, 3.05) is 19.8 Å². The van der Waals surface area contributed by atoms with Crippen molar-refractivity contribution < 1.29 is 37.6 Å². The molecule has 1 N–H and O–H groups in total. The molecule has 2 atom stereocenters. The van der Waals surface area contributed by atoms with Gasteiger partial charge in [-0.05, 0) is 45.4 Å². The summed E-state index contributed by atoms with van der Waals surface area (Å²) in [5.41, 5.74) is 0. The minimum atomic E-state index is -4.28. The van der Waals surface area contributed by atoms with Crippen molar-refractivity contribution in [3.05, 3.63) is 12.2 Å². The van der Waals surface area contributed by atoms with Gasteiger partial charge in [-0.15, -0.1) is 0 Å². The van der Waals surface area contributed by atoms with Crippen LogP contribution in [0.4, 0.5) is 0 Å². The molecule has 8 nitrogen and oxygen atoms in total. The molecular weight excluding hydrogens is 723 g/mol. The second-order valence-corrected chi connectivity index (χ2v) is 17.6. The lowest BCUT2D eigenvalue weighted by atomic mass is 10.0. The smallest absolute Gasteiger partial charge is 0.462 e. The van der Waals surface area contributed by atoms with Gasteiger partial charge in [-0.1, -0.05) is 206 Å². The molecule has 0 aromatic rings. The fourth-order valence-corrected chi connectivity index (χ4v) is 7.79. The Bertz CT molecular complexity index is 926. The van der Waals surface area contributed by atoms with E-state index in [0.29, 0.717) is 12.8 Å². The molecule has 0 aliphatic heterocycles. The van der Waals surface area contributed by atoms with Crippen LogP contribution < -0.4 is 0 Å². The van der Waals surface area contributed by atoms with Gasteiger partial charge in [0.2, 0.25) is 0 Å². The van der Waals surface area contributed by atoms with E-state index in [4.69, 9.17) is 18.5 Å². The molecule has 0 aromatic heterocycles. The van der Waals surface area contributed by atoms with Crippen molar-refractivity contribution in [3.63, 3.8) is 0 Å². The van der Waals surface area contributed by atoms with Crippen LogP contribution in [0.15, 0.2) is 12.2 Å². The number of ether oxygens (including phenoxy) is 2. The molecule has 0 heterocycles. The van der Waals surface area contributed by atoms with Gasteiger partial charge in [0.05, 0.1) is 13.2 Å². The molecule has 332 valence electrons. The Balaban J connectivity index is 3.94. The van der Waals surface area contributed by atoms with Crippen LogP contribution in [0.5, 0.6) is 0 Å². The minimum Gasteiger partial charge on any atom is -0.462 e. The molecule has 56 heavy (non-hydrogen) atoms. The molecule has 0 amide bonds. The normalized spacial score (nSPS) is 13.3. The number of hydrogen-bond acceptors (Lipinski definition) is 7. The van der Waals surface area contributed by atoms with E-state index >= 15 is 0 Å². The Morgan fingerprint density at radius 1 is 0.464 bits per heavy atom. The number of unbranched alkanes of at least 4 members (excludes halogenated alkanes) is 31. The Morgan fingerprint density at radius 3 is 1.18 bits per heavy atom. The third kappa shape index (κ3) is 42.4. The molecule has 0 fully saturated rings. The first kappa shape index (κ1) is 54.8. The van der Waals surface area contributed by atoms with Gasteiger partial charge in [0.25, 0.3) is 0 Å². The second-order valence-electron chi connectivity index (χ2n) is 16.1. The number of rotatable bonds is 45. The monoisotopic (exact) mass is 815 g/mol. The van der Waals surface area contributed by atoms with Crippen molar-refractivity contribution in [2.45, 2.75) is 258 Å². The number of allylic oxidation sites excluding steroid dienone is 2. The van der Waals surface area contributed by atoms with Gasteiger partial charge in [-0.3, -0.25) is 18.6 Å². The predicted molar refractivity (Wildman–Crippen MR) is 235 cm³/mol. The summed E-state index contributed by atoms with van der Waals surface area (Å²) >= 11 is 0. The maximum atomic E-state index is 12.6. The fraction of sp³-hybridized carbons (Fsp3) is 0.915. The lowest BCUT2D eigenvalue weighted by Crippen LogP contribution is -2.29. The van der Waals surface area contributed by atoms with Gasteiger partial charge in [0.1, 0.15) is 6.61 Å². The quantitative estimate of drug-likeness (QED) is 0.0280. The van der Waals surface area contributed by atoms with Gasteiger partial charge in [-0.25, -0.2) is 4.57 Å². The average molecular weight is 815 g/mol. The summed E-state index contributed by atoms with van der Waals surface area (Å²) in [6.07, 6.45) is 47.0. The van der Waals surface area contributed by atoms with Crippen LogP contribution in [0.1, 0.15) is 252 Å². The summed E-state index contributed by atoms with van der Waals surface area (Å²) in [5, 5.41) is 0. The molecule has 0 saturated carbocycles. The zero-order valence-electron chi connectivity index (χ0n) is 37.1. The van der Waals surface area contributed by atoms with E-state index in [2.05, 4.69) is 26.0 Å². The summed E-state index contributed by atoms with van der Waals surface area (Å²) in [6, 6.07) is 0. The highest BCUT2D eigenvalue weighted by Gasteiger charge is 2.25. The van der Waals surface area contributed by atoms with E-state index in [1.165, 1.54) is 161 Å². The standard InChI is InChI=1S/C47H91O8P/c1-4-7-9-11-13-15-17-19-21-22-23-24-25-26-27-28-30-31-33-35-37-39-41-46(48)52-43-45(44-54-56(50,51)53-6-3)55-47(49)42-40-38-36-34-32-29-20-18-16-14-12-10-8-5-2/h18,20,45H,4-17,19,21-44H2,1-3H3,(H,50,51)/b20-18-. The number of phosphoric ester groups is 1. The van der Waals surface area contributed by atoms with E-state index in [9.17, 15) is 19.0 Å². The van der Waals surface area contributed by atoms with Gasteiger partial charge in [0.15, 0.2) is 6.10 Å². The van der Waals surface area contributed by atoms with Crippen LogP contribution in [0, 0.1) is 0 Å². The zero-order valence-corrected chi connectivity index (χ0v) is 38.0. The van der Waals surface area contributed by atoms with Crippen LogP contribution in [-0.2, 0) is 32.7 Å². The molecule has 0 radical (unpaired) electrons. The second kappa shape index (κ2) is 43.4. The van der Waals surface area contributed by atoms with Crippen molar-refractivity contribution in [2.24, 2.45) is 0 Å². The van der Waals surface area contributed by atoms with Crippen LogP contribution in [0.25, 0.3) is 0 Å². The van der Waals surface area contributed by atoms with E-state index < -0.39 is 26.5 Å². The first-order valence-electron chi connectivity index (χ1n) is 24.0. The van der Waals surface area contributed by atoms with Crippen molar-refractivity contribution in [1.82, 2.24) is 0 Å². The van der Waals surface area contributed by atoms with Crippen molar-refractivity contribution in [1.29, 1.82) is 0 Å².